The van der Waals surface area contributed by atoms with Gasteiger partial charge in [-0.15, -0.1) is 0 Å². The summed E-state index contributed by atoms with van der Waals surface area (Å²) in [4.78, 5) is 29.9. The standard InChI is InChI=1S/C22H20N4O3/c1-15(16-8-3-2-4-9-16)24-22(28)20-25-19(18-11-5-6-12-26(18)20)21(27)23-14-17-10-7-13-29-17/h2-13,15H,14H2,1H3,(H,23,27)(H,24,28). The summed E-state index contributed by atoms with van der Waals surface area (Å²) in [5.41, 5.74) is 1.73. The van der Waals surface area contributed by atoms with Gasteiger partial charge in [0.1, 0.15) is 5.76 Å². The highest BCUT2D eigenvalue weighted by Gasteiger charge is 2.22. The van der Waals surface area contributed by atoms with Gasteiger partial charge in [-0.25, -0.2) is 4.98 Å². The molecular formula is C22H20N4O3. The summed E-state index contributed by atoms with van der Waals surface area (Å²) in [5, 5.41) is 5.71. The molecule has 0 aliphatic heterocycles. The fourth-order valence-electron chi connectivity index (χ4n) is 3.12. The fraction of sp³-hybridized carbons (Fsp3) is 0.136. The molecule has 0 bridgehead atoms. The third-order valence-corrected chi connectivity index (χ3v) is 4.62. The summed E-state index contributed by atoms with van der Waals surface area (Å²) in [7, 11) is 0. The monoisotopic (exact) mass is 388 g/mol. The van der Waals surface area contributed by atoms with E-state index in [2.05, 4.69) is 15.6 Å². The zero-order valence-corrected chi connectivity index (χ0v) is 15.8. The number of nitrogens with one attached hydrogen (secondary N) is 2. The van der Waals surface area contributed by atoms with Gasteiger partial charge in [0.2, 0.25) is 5.82 Å². The van der Waals surface area contributed by atoms with E-state index in [-0.39, 0.29) is 35.9 Å². The van der Waals surface area contributed by atoms with Crippen molar-refractivity contribution in [2.45, 2.75) is 19.5 Å². The van der Waals surface area contributed by atoms with Crippen molar-refractivity contribution < 1.29 is 14.0 Å². The Labute approximate surface area is 167 Å². The van der Waals surface area contributed by atoms with Crippen molar-refractivity contribution in [2.75, 3.05) is 0 Å². The van der Waals surface area contributed by atoms with Gasteiger partial charge in [-0.1, -0.05) is 36.4 Å². The zero-order valence-electron chi connectivity index (χ0n) is 15.8. The third-order valence-electron chi connectivity index (χ3n) is 4.62. The van der Waals surface area contributed by atoms with Crippen LogP contribution in [0, 0.1) is 0 Å². The molecule has 0 saturated carbocycles. The molecule has 7 nitrogen and oxygen atoms in total. The van der Waals surface area contributed by atoms with Crippen molar-refractivity contribution in [3.8, 4) is 0 Å². The summed E-state index contributed by atoms with van der Waals surface area (Å²) in [5.74, 6) is 0.0657. The maximum absolute atomic E-state index is 12.9. The molecule has 2 N–H and O–H groups in total. The van der Waals surface area contributed by atoms with Gasteiger partial charge < -0.3 is 15.1 Å². The van der Waals surface area contributed by atoms with Crippen LogP contribution in [0.4, 0.5) is 0 Å². The summed E-state index contributed by atoms with van der Waals surface area (Å²) >= 11 is 0. The van der Waals surface area contributed by atoms with Crippen LogP contribution in [0.5, 0.6) is 0 Å². The molecule has 29 heavy (non-hydrogen) atoms. The molecule has 0 saturated heterocycles. The molecule has 0 aliphatic rings. The predicted molar refractivity (Wildman–Crippen MR) is 107 cm³/mol. The second-order valence-corrected chi connectivity index (χ2v) is 6.61. The van der Waals surface area contributed by atoms with Gasteiger partial charge in [-0.3, -0.25) is 14.0 Å². The minimum Gasteiger partial charge on any atom is -0.467 e. The highest BCUT2D eigenvalue weighted by atomic mass is 16.3. The van der Waals surface area contributed by atoms with E-state index in [0.29, 0.717) is 11.3 Å². The minimum absolute atomic E-state index is 0.159. The molecular weight excluding hydrogens is 368 g/mol. The van der Waals surface area contributed by atoms with Crippen molar-refractivity contribution in [3.63, 3.8) is 0 Å². The molecule has 7 heteroatoms. The van der Waals surface area contributed by atoms with Gasteiger partial charge in [0.25, 0.3) is 11.8 Å². The first-order valence-corrected chi connectivity index (χ1v) is 9.27. The van der Waals surface area contributed by atoms with Crippen LogP contribution in [0.2, 0.25) is 0 Å². The molecule has 1 atom stereocenters. The molecule has 0 radical (unpaired) electrons. The minimum atomic E-state index is -0.375. The average molecular weight is 388 g/mol. The van der Waals surface area contributed by atoms with Crippen molar-refractivity contribution in [2.24, 2.45) is 0 Å². The smallest absolute Gasteiger partial charge is 0.288 e. The second-order valence-electron chi connectivity index (χ2n) is 6.61. The van der Waals surface area contributed by atoms with E-state index in [1.807, 2.05) is 37.3 Å². The highest BCUT2D eigenvalue weighted by Crippen LogP contribution is 2.16. The van der Waals surface area contributed by atoms with E-state index in [1.165, 1.54) is 0 Å². The maximum atomic E-state index is 12.9. The lowest BCUT2D eigenvalue weighted by atomic mass is 10.1. The average Bonchev–Trinajstić information content (AvgIpc) is 3.40. The third kappa shape index (κ3) is 3.89. The molecule has 1 unspecified atom stereocenters. The number of carbonyl (C=O) groups excluding carboxylic acids is 2. The van der Waals surface area contributed by atoms with Crippen LogP contribution in [-0.4, -0.2) is 21.2 Å². The number of amides is 2. The molecule has 3 heterocycles. The maximum Gasteiger partial charge on any atom is 0.288 e. The number of imidazole rings is 1. The van der Waals surface area contributed by atoms with Crippen LogP contribution >= 0.6 is 0 Å². The number of benzene rings is 1. The molecule has 2 amide bonds. The lowest BCUT2D eigenvalue weighted by molar-refractivity contribution is 0.0928. The van der Waals surface area contributed by atoms with E-state index in [4.69, 9.17) is 4.42 Å². The number of fused-ring (bicyclic) bond motifs is 1. The van der Waals surface area contributed by atoms with Crippen LogP contribution in [0.25, 0.3) is 5.52 Å². The van der Waals surface area contributed by atoms with Crippen molar-refractivity contribution in [3.05, 3.63) is 96.0 Å². The Morgan fingerprint density at radius 3 is 2.59 bits per heavy atom. The van der Waals surface area contributed by atoms with Crippen molar-refractivity contribution in [1.82, 2.24) is 20.0 Å². The Hall–Kier alpha value is -3.87. The van der Waals surface area contributed by atoms with Gasteiger partial charge in [0.15, 0.2) is 5.69 Å². The Morgan fingerprint density at radius 1 is 1.03 bits per heavy atom. The van der Waals surface area contributed by atoms with E-state index in [0.717, 1.165) is 5.56 Å². The topological polar surface area (TPSA) is 88.6 Å². The number of pyridine rings is 1. The van der Waals surface area contributed by atoms with Crippen LogP contribution in [-0.2, 0) is 6.54 Å². The number of aromatic nitrogens is 2. The zero-order chi connectivity index (χ0) is 20.2. The lowest BCUT2D eigenvalue weighted by Gasteiger charge is -2.13. The normalized spacial score (nSPS) is 11.9. The quantitative estimate of drug-likeness (QED) is 0.530. The highest BCUT2D eigenvalue weighted by molar-refractivity contribution is 6.02. The van der Waals surface area contributed by atoms with E-state index in [9.17, 15) is 9.59 Å². The SMILES string of the molecule is CC(NC(=O)c1nc(C(=O)NCc2ccco2)c2ccccn12)c1ccccc1. The molecule has 146 valence electrons. The Bertz CT molecular complexity index is 1130. The Kier molecular flexibility index (Phi) is 5.11. The van der Waals surface area contributed by atoms with Gasteiger partial charge in [-0.05, 0) is 36.8 Å². The van der Waals surface area contributed by atoms with E-state index in [1.54, 1.807) is 47.2 Å². The first-order chi connectivity index (χ1) is 14.1. The van der Waals surface area contributed by atoms with E-state index < -0.39 is 0 Å². The summed E-state index contributed by atoms with van der Waals surface area (Å²) in [6.07, 6.45) is 3.26. The summed E-state index contributed by atoms with van der Waals surface area (Å²) < 4.78 is 6.85. The number of hydrogen-bond donors (Lipinski definition) is 2. The molecule has 4 rings (SSSR count). The van der Waals surface area contributed by atoms with Crippen LogP contribution in [0.15, 0.2) is 77.5 Å². The van der Waals surface area contributed by atoms with Crippen molar-refractivity contribution >= 4 is 17.3 Å². The molecule has 4 aromatic rings. The lowest BCUT2D eigenvalue weighted by Crippen LogP contribution is -2.28. The first kappa shape index (κ1) is 18.5. The molecule has 0 spiro atoms. The molecule has 0 fully saturated rings. The predicted octanol–water partition coefficient (Wildman–Crippen LogP) is 3.35. The van der Waals surface area contributed by atoms with Crippen LogP contribution < -0.4 is 10.6 Å². The second kappa shape index (κ2) is 8.02. The van der Waals surface area contributed by atoms with Gasteiger partial charge in [0.05, 0.1) is 24.4 Å². The Balaban J connectivity index is 1.58. The van der Waals surface area contributed by atoms with Crippen LogP contribution in [0.1, 0.15) is 45.4 Å². The number of rotatable bonds is 6. The van der Waals surface area contributed by atoms with Crippen molar-refractivity contribution in [1.29, 1.82) is 0 Å². The number of nitrogens with zero attached hydrogens (tertiary/aromatic N) is 2. The molecule has 0 aliphatic carbocycles. The summed E-state index contributed by atoms with van der Waals surface area (Å²) in [6, 6.07) is 18.3. The van der Waals surface area contributed by atoms with Gasteiger partial charge >= 0.3 is 0 Å². The number of furan rings is 1. The largest absolute Gasteiger partial charge is 0.467 e. The fourth-order valence-corrected chi connectivity index (χ4v) is 3.12. The number of carbonyl (C=O) groups is 2. The van der Waals surface area contributed by atoms with Crippen LogP contribution in [0.3, 0.4) is 0 Å². The number of hydrogen-bond acceptors (Lipinski definition) is 4. The molecule has 1 aromatic carbocycles. The summed E-state index contributed by atoms with van der Waals surface area (Å²) in [6.45, 7) is 2.14. The van der Waals surface area contributed by atoms with Gasteiger partial charge in [-0.2, -0.15) is 0 Å². The Morgan fingerprint density at radius 2 is 1.83 bits per heavy atom. The first-order valence-electron chi connectivity index (χ1n) is 9.27. The van der Waals surface area contributed by atoms with E-state index >= 15 is 0 Å². The van der Waals surface area contributed by atoms with Gasteiger partial charge in [0, 0.05) is 6.20 Å². The molecule has 3 aromatic heterocycles.